The highest BCUT2D eigenvalue weighted by Gasteiger charge is 2.43. The zero-order valence-electron chi connectivity index (χ0n) is 14.6. The van der Waals surface area contributed by atoms with Crippen LogP contribution in [0.2, 0.25) is 0 Å². The number of carbonyl (C=O) groups excluding carboxylic acids is 2. The van der Waals surface area contributed by atoms with E-state index in [0.717, 1.165) is 57.6 Å². The summed E-state index contributed by atoms with van der Waals surface area (Å²) in [5, 5.41) is 3.47. The standard InChI is InChI=1S/C23H19NO2/c1-13-6-4-7-14(12-13)19-20-17(10-5-11-18(20)25)24-22-15-8-2-3-9-16(15)23(26)21(19)22/h2-4,6-9,12,19,24H,5,10-11H2,1H3/t19-/m0/s1. The SMILES string of the molecule is Cc1cccc([C@H]2C3=C(CCCC3=O)NC3=C2C(=O)c2ccccc23)c1. The van der Waals surface area contributed by atoms with Gasteiger partial charge in [-0.3, -0.25) is 9.59 Å². The van der Waals surface area contributed by atoms with E-state index in [0.29, 0.717) is 6.42 Å². The summed E-state index contributed by atoms with van der Waals surface area (Å²) in [4.78, 5) is 26.1. The van der Waals surface area contributed by atoms with E-state index in [9.17, 15) is 9.59 Å². The summed E-state index contributed by atoms with van der Waals surface area (Å²) in [6, 6.07) is 15.9. The Labute approximate surface area is 152 Å². The molecule has 2 aliphatic carbocycles. The highest BCUT2D eigenvalue weighted by Crippen LogP contribution is 2.48. The molecule has 0 aromatic heterocycles. The van der Waals surface area contributed by atoms with Crippen molar-refractivity contribution in [1.82, 2.24) is 5.32 Å². The van der Waals surface area contributed by atoms with Gasteiger partial charge < -0.3 is 5.32 Å². The van der Waals surface area contributed by atoms with Crippen molar-refractivity contribution in [2.75, 3.05) is 0 Å². The molecule has 3 nitrogen and oxygen atoms in total. The van der Waals surface area contributed by atoms with Gasteiger partial charge in [0.25, 0.3) is 0 Å². The normalized spacial score (nSPS) is 21.3. The van der Waals surface area contributed by atoms with Crippen LogP contribution in [0.3, 0.4) is 0 Å². The fourth-order valence-corrected chi connectivity index (χ4v) is 4.52. The summed E-state index contributed by atoms with van der Waals surface area (Å²) in [5.41, 5.74) is 7.26. The first-order valence-corrected chi connectivity index (χ1v) is 9.13. The number of rotatable bonds is 1. The van der Waals surface area contributed by atoms with Gasteiger partial charge in [-0.1, -0.05) is 54.1 Å². The lowest BCUT2D eigenvalue weighted by molar-refractivity contribution is -0.116. The van der Waals surface area contributed by atoms with Gasteiger partial charge in [-0.25, -0.2) is 0 Å². The number of benzene rings is 2. The van der Waals surface area contributed by atoms with E-state index in [2.05, 4.69) is 11.4 Å². The summed E-state index contributed by atoms with van der Waals surface area (Å²) in [7, 11) is 0. The molecule has 0 saturated heterocycles. The molecule has 0 saturated carbocycles. The number of ketones is 2. The van der Waals surface area contributed by atoms with Gasteiger partial charge in [-0.2, -0.15) is 0 Å². The summed E-state index contributed by atoms with van der Waals surface area (Å²) < 4.78 is 0. The van der Waals surface area contributed by atoms with Crippen molar-refractivity contribution in [1.29, 1.82) is 0 Å². The van der Waals surface area contributed by atoms with E-state index in [4.69, 9.17) is 0 Å². The van der Waals surface area contributed by atoms with Crippen LogP contribution in [0.1, 0.15) is 52.2 Å². The molecule has 3 heteroatoms. The smallest absolute Gasteiger partial charge is 0.192 e. The highest BCUT2D eigenvalue weighted by atomic mass is 16.1. The molecule has 128 valence electrons. The highest BCUT2D eigenvalue weighted by molar-refractivity contribution is 6.23. The monoisotopic (exact) mass is 341 g/mol. The van der Waals surface area contributed by atoms with Crippen molar-refractivity contribution in [2.45, 2.75) is 32.1 Å². The topological polar surface area (TPSA) is 46.2 Å². The molecule has 0 amide bonds. The Morgan fingerprint density at radius 1 is 0.923 bits per heavy atom. The molecule has 1 N–H and O–H groups in total. The molecule has 0 bridgehead atoms. The maximum Gasteiger partial charge on any atom is 0.192 e. The van der Waals surface area contributed by atoms with Crippen molar-refractivity contribution in [3.63, 3.8) is 0 Å². The van der Waals surface area contributed by atoms with Crippen molar-refractivity contribution >= 4 is 17.3 Å². The molecule has 0 fully saturated rings. The first kappa shape index (κ1) is 15.3. The fourth-order valence-electron chi connectivity index (χ4n) is 4.52. The molecule has 1 aliphatic heterocycles. The van der Waals surface area contributed by atoms with Gasteiger partial charge in [-0.15, -0.1) is 0 Å². The predicted molar refractivity (Wildman–Crippen MR) is 101 cm³/mol. The van der Waals surface area contributed by atoms with Crippen LogP contribution in [-0.4, -0.2) is 11.6 Å². The lowest BCUT2D eigenvalue weighted by Crippen LogP contribution is -2.31. The number of Topliss-reactive ketones (excluding diaryl/α,β-unsaturated/α-hetero) is 2. The van der Waals surface area contributed by atoms with E-state index in [1.165, 1.54) is 0 Å². The zero-order valence-corrected chi connectivity index (χ0v) is 14.6. The van der Waals surface area contributed by atoms with Gasteiger partial charge in [0.1, 0.15) is 0 Å². The molecule has 5 rings (SSSR count). The van der Waals surface area contributed by atoms with Crippen LogP contribution >= 0.6 is 0 Å². The zero-order chi connectivity index (χ0) is 17.8. The number of dihydropyridines is 1. The van der Waals surface area contributed by atoms with Crippen molar-refractivity contribution in [2.24, 2.45) is 0 Å². The van der Waals surface area contributed by atoms with Crippen molar-refractivity contribution in [3.05, 3.63) is 87.6 Å². The van der Waals surface area contributed by atoms with E-state index in [-0.39, 0.29) is 17.5 Å². The maximum atomic E-state index is 13.2. The van der Waals surface area contributed by atoms with Gasteiger partial charge in [0.2, 0.25) is 0 Å². The van der Waals surface area contributed by atoms with E-state index in [1.807, 2.05) is 49.4 Å². The first-order valence-electron chi connectivity index (χ1n) is 9.13. The number of aryl methyl sites for hydroxylation is 1. The number of hydrogen-bond donors (Lipinski definition) is 1. The largest absolute Gasteiger partial charge is 0.358 e. The van der Waals surface area contributed by atoms with Crippen LogP contribution in [0.15, 0.2) is 65.4 Å². The van der Waals surface area contributed by atoms with Crippen LogP contribution in [0.25, 0.3) is 5.70 Å². The van der Waals surface area contributed by atoms with Crippen LogP contribution in [0.4, 0.5) is 0 Å². The molecule has 1 atom stereocenters. The Bertz CT molecular complexity index is 1040. The van der Waals surface area contributed by atoms with E-state index in [1.54, 1.807) is 0 Å². The summed E-state index contributed by atoms with van der Waals surface area (Å²) in [5.74, 6) is -0.0612. The quantitative estimate of drug-likeness (QED) is 0.841. The number of fused-ring (bicyclic) bond motifs is 2. The molecule has 0 spiro atoms. The van der Waals surface area contributed by atoms with E-state index < -0.39 is 0 Å². The third kappa shape index (κ3) is 2.07. The molecule has 2 aromatic rings. The second kappa shape index (κ2) is 5.53. The Balaban J connectivity index is 1.77. The number of nitrogens with one attached hydrogen (secondary N) is 1. The summed E-state index contributed by atoms with van der Waals surface area (Å²) in [6.45, 7) is 2.04. The molecule has 3 aliphatic rings. The van der Waals surface area contributed by atoms with Crippen LogP contribution < -0.4 is 5.32 Å². The summed E-state index contributed by atoms with van der Waals surface area (Å²) in [6.07, 6.45) is 2.28. The van der Waals surface area contributed by atoms with Gasteiger partial charge in [0.05, 0.1) is 5.70 Å². The number of allylic oxidation sites excluding steroid dienone is 3. The number of hydrogen-bond acceptors (Lipinski definition) is 3. The van der Waals surface area contributed by atoms with Crippen molar-refractivity contribution < 1.29 is 9.59 Å². The van der Waals surface area contributed by atoms with Gasteiger partial charge in [0, 0.05) is 40.3 Å². The van der Waals surface area contributed by atoms with Crippen molar-refractivity contribution in [3.8, 4) is 0 Å². The van der Waals surface area contributed by atoms with Crippen LogP contribution in [0.5, 0.6) is 0 Å². The van der Waals surface area contributed by atoms with Gasteiger partial charge in [-0.05, 0) is 25.3 Å². The fraction of sp³-hybridized carbons (Fsp3) is 0.217. The predicted octanol–water partition coefficient (Wildman–Crippen LogP) is 4.30. The second-order valence-electron chi connectivity index (χ2n) is 7.30. The maximum absolute atomic E-state index is 13.2. The summed E-state index contributed by atoms with van der Waals surface area (Å²) >= 11 is 0. The second-order valence-corrected chi connectivity index (χ2v) is 7.30. The molecule has 0 unspecified atom stereocenters. The minimum Gasteiger partial charge on any atom is -0.358 e. The van der Waals surface area contributed by atoms with Crippen LogP contribution in [0, 0.1) is 6.92 Å². The molecule has 26 heavy (non-hydrogen) atoms. The minimum atomic E-state index is -0.270. The first-order chi connectivity index (χ1) is 12.6. The Morgan fingerprint density at radius 2 is 1.73 bits per heavy atom. The Hall–Kier alpha value is -2.94. The number of carbonyl (C=O) groups is 2. The lowest BCUT2D eigenvalue weighted by atomic mass is 9.74. The molecule has 2 aromatic carbocycles. The van der Waals surface area contributed by atoms with Crippen LogP contribution in [-0.2, 0) is 4.79 Å². The third-order valence-electron chi connectivity index (χ3n) is 5.64. The average molecular weight is 341 g/mol. The third-order valence-corrected chi connectivity index (χ3v) is 5.64. The van der Waals surface area contributed by atoms with Gasteiger partial charge >= 0.3 is 0 Å². The Kier molecular flexibility index (Phi) is 3.26. The van der Waals surface area contributed by atoms with E-state index >= 15 is 0 Å². The molecular weight excluding hydrogens is 322 g/mol. The Morgan fingerprint density at radius 3 is 2.54 bits per heavy atom. The average Bonchev–Trinajstić information content (AvgIpc) is 2.93. The lowest BCUT2D eigenvalue weighted by Gasteiger charge is -2.33. The van der Waals surface area contributed by atoms with Gasteiger partial charge in [0.15, 0.2) is 11.6 Å². The molecule has 0 radical (unpaired) electrons. The minimum absolute atomic E-state index is 0.0412. The molecular formula is C23H19NO2. The molecule has 1 heterocycles.